The summed E-state index contributed by atoms with van der Waals surface area (Å²) < 4.78 is 4.70. The molecule has 1 atom stereocenters. The molecule has 1 fully saturated rings. The van der Waals surface area contributed by atoms with Crippen LogP contribution in [0, 0.1) is 19.8 Å². The first-order valence-corrected chi connectivity index (χ1v) is 6.42. The highest BCUT2D eigenvalue weighted by molar-refractivity contribution is 5.86. The van der Waals surface area contributed by atoms with E-state index in [9.17, 15) is 9.59 Å². The molecule has 1 saturated heterocycles. The van der Waals surface area contributed by atoms with Crippen molar-refractivity contribution in [3.05, 3.63) is 34.9 Å². The molecule has 1 aromatic rings. The molecule has 4 heteroatoms. The average Bonchev–Trinajstić information content (AvgIpc) is 2.68. The van der Waals surface area contributed by atoms with Crippen molar-refractivity contribution in [3.8, 4) is 0 Å². The SMILES string of the molecule is COC(=O)C1CC(=O)N(Cc2cc(C)cc(C)c2)C1. The number of amides is 1. The molecule has 19 heavy (non-hydrogen) atoms. The molecule has 0 radical (unpaired) electrons. The van der Waals surface area contributed by atoms with Gasteiger partial charge in [-0.1, -0.05) is 29.3 Å². The van der Waals surface area contributed by atoms with E-state index in [-0.39, 0.29) is 24.2 Å². The Kier molecular flexibility index (Phi) is 3.88. The summed E-state index contributed by atoms with van der Waals surface area (Å²) in [5.41, 5.74) is 3.48. The highest BCUT2D eigenvalue weighted by Crippen LogP contribution is 2.22. The molecule has 1 aromatic carbocycles. The largest absolute Gasteiger partial charge is 0.469 e. The summed E-state index contributed by atoms with van der Waals surface area (Å²) in [6.07, 6.45) is 0.261. The molecule has 1 heterocycles. The number of ether oxygens (including phenoxy) is 1. The van der Waals surface area contributed by atoms with Crippen LogP contribution >= 0.6 is 0 Å². The van der Waals surface area contributed by atoms with E-state index in [0.717, 1.165) is 5.56 Å². The Morgan fingerprint density at radius 1 is 1.32 bits per heavy atom. The Morgan fingerprint density at radius 2 is 1.95 bits per heavy atom. The zero-order valence-electron chi connectivity index (χ0n) is 11.6. The Hall–Kier alpha value is -1.84. The molecule has 1 aliphatic rings. The molecule has 102 valence electrons. The third kappa shape index (κ3) is 3.13. The number of carbonyl (C=O) groups is 2. The number of benzene rings is 1. The minimum atomic E-state index is -0.316. The normalized spacial score (nSPS) is 18.8. The molecule has 1 aliphatic heterocycles. The molecule has 0 saturated carbocycles. The van der Waals surface area contributed by atoms with Crippen molar-refractivity contribution in [1.82, 2.24) is 4.90 Å². The van der Waals surface area contributed by atoms with Crippen LogP contribution in [0.25, 0.3) is 0 Å². The number of rotatable bonds is 3. The fourth-order valence-electron chi connectivity index (χ4n) is 2.63. The van der Waals surface area contributed by atoms with Crippen LogP contribution in [-0.2, 0) is 20.9 Å². The first-order chi connectivity index (χ1) is 8.99. The number of methoxy groups -OCH3 is 1. The van der Waals surface area contributed by atoms with Gasteiger partial charge in [-0.2, -0.15) is 0 Å². The molecule has 0 aliphatic carbocycles. The molecule has 4 nitrogen and oxygen atoms in total. The molecule has 1 amide bonds. The van der Waals surface area contributed by atoms with Crippen molar-refractivity contribution < 1.29 is 14.3 Å². The lowest BCUT2D eigenvalue weighted by molar-refractivity contribution is -0.145. The van der Waals surface area contributed by atoms with Crippen molar-refractivity contribution in [2.75, 3.05) is 13.7 Å². The summed E-state index contributed by atoms with van der Waals surface area (Å²) in [6.45, 7) is 5.10. The quantitative estimate of drug-likeness (QED) is 0.780. The first kappa shape index (κ1) is 13.6. The average molecular weight is 261 g/mol. The molecule has 1 unspecified atom stereocenters. The third-order valence-corrected chi connectivity index (χ3v) is 3.40. The Bertz CT molecular complexity index is 490. The maximum absolute atomic E-state index is 11.9. The molecule has 0 N–H and O–H groups in total. The fraction of sp³-hybridized carbons (Fsp3) is 0.467. The second-order valence-electron chi connectivity index (χ2n) is 5.19. The van der Waals surface area contributed by atoms with Gasteiger partial charge >= 0.3 is 5.97 Å². The van der Waals surface area contributed by atoms with Crippen LogP contribution in [-0.4, -0.2) is 30.4 Å². The van der Waals surface area contributed by atoms with Gasteiger partial charge in [-0.05, 0) is 19.4 Å². The van der Waals surface area contributed by atoms with E-state index in [0.29, 0.717) is 13.1 Å². The number of aryl methyl sites for hydroxylation is 2. The number of esters is 1. The lowest BCUT2D eigenvalue weighted by atomic mass is 10.1. The monoisotopic (exact) mass is 261 g/mol. The van der Waals surface area contributed by atoms with Gasteiger partial charge in [0.1, 0.15) is 0 Å². The van der Waals surface area contributed by atoms with Crippen LogP contribution in [0.5, 0.6) is 0 Å². The lowest BCUT2D eigenvalue weighted by Crippen LogP contribution is -2.26. The minimum Gasteiger partial charge on any atom is -0.469 e. The van der Waals surface area contributed by atoms with Crippen molar-refractivity contribution >= 4 is 11.9 Å². The van der Waals surface area contributed by atoms with Gasteiger partial charge < -0.3 is 9.64 Å². The van der Waals surface area contributed by atoms with Crippen molar-refractivity contribution in [2.45, 2.75) is 26.8 Å². The zero-order chi connectivity index (χ0) is 14.0. The summed E-state index contributed by atoms with van der Waals surface area (Å²) >= 11 is 0. The highest BCUT2D eigenvalue weighted by atomic mass is 16.5. The lowest BCUT2D eigenvalue weighted by Gasteiger charge is -2.17. The topological polar surface area (TPSA) is 46.6 Å². The Balaban J connectivity index is 2.07. The second-order valence-corrected chi connectivity index (χ2v) is 5.19. The third-order valence-electron chi connectivity index (χ3n) is 3.40. The van der Waals surface area contributed by atoms with E-state index >= 15 is 0 Å². The molecular formula is C15H19NO3. The standard InChI is InChI=1S/C15H19NO3/c1-10-4-11(2)6-12(5-10)8-16-9-13(7-14(16)17)15(18)19-3/h4-6,13H,7-9H2,1-3H3. The van der Waals surface area contributed by atoms with E-state index in [1.807, 2.05) is 13.8 Å². The summed E-state index contributed by atoms with van der Waals surface area (Å²) in [6, 6.07) is 6.25. The number of carbonyl (C=O) groups excluding carboxylic acids is 2. The van der Waals surface area contributed by atoms with E-state index in [1.165, 1.54) is 18.2 Å². The summed E-state index contributed by atoms with van der Waals surface area (Å²) in [4.78, 5) is 25.1. The van der Waals surface area contributed by atoms with E-state index in [4.69, 9.17) is 4.74 Å². The highest BCUT2D eigenvalue weighted by Gasteiger charge is 2.34. The van der Waals surface area contributed by atoms with Crippen LogP contribution in [0.4, 0.5) is 0 Å². The van der Waals surface area contributed by atoms with E-state index in [2.05, 4.69) is 18.2 Å². The van der Waals surface area contributed by atoms with Gasteiger partial charge in [0.15, 0.2) is 0 Å². The van der Waals surface area contributed by atoms with Crippen molar-refractivity contribution in [3.63, 3.8) is 0 Å². The van der Waals surface area contributed by atoms with Gasteiger partial charge in [-0.15, -0.1) is 0 Å². The zero-order valence-corrected chi connectivity index (χ0v) is 11.6. The minimum absolute atomic E-state index is 0.0227. The smallest absolute Gasteiger partial charge is 0.310 e. The predicted octanol–water partition coefficient (Wildman–Crippen LogP) is 1.82. The van der Waals surface area contributed by atoms with Crippen LogP contribution in [0.2, 0.25) is 0 Å². The van der Waals surface area contributed by atoms with Crippen LogP contribution in [0.1, 0.15) is 23.1 Å². The van der Waals surface area contributed by atoms with E-state index < -0.39 is 0 Å². The van der Waals surface area contributed by atoms with Crippen molar-refractivity contribution in [1.29, 1.82) is 0 Å². The fourth-order valence-corrected chi connectivity index (χ4v) is 2.63. The maximum atomic E-state index is 11.9. The first-order valence-electron chi connectivity index (χ1n) is 6.42. The Labute approximate surface area is 113 Å². The van der Waals surface area contributed by atoms with Gasteiger partial charge in [0.25, 0.3) is 0 Å². The summed E-state index contributed by atoms with van der Waals surface area (Å²) in [7, 11) is 1.36. The van der Waals surface area contributed by atoms with Crippen LogP contribution in [0.3, 0.4) is 0 Å². The molecular weight excluding hydrogens is 242 g/mol. The van der Waals surface area contributed by atoms with E-state index in [1.54, 1.807) is 4.90 Å². The molecule has 2 rings (SSSR count). The number of hydrogen-bond donors (Lipinski definition) is 0. The van der Waals surface area contributed by atoms with Gasteiger partial charge in [0, 0.05) is 19.5 Å². The van der Waals surface area contributed by atoms with Gasteiger partial charge in [-0.3, -0.25) is 9.59 Å². The van der Waals surface area contributed by atoms with Gasteiger partial charge in [0.2, 0.25) is 5.91 Å². The number of hydrogen-bond acceptors (Lipinski definition) is 3. The molecule has 0 aromatic heterocycles. The van der Waals surface area contributed by atoms with Gasteiger partial charge in [-0.25, -0.2) is 0 Å². The number of likely N-dealkylation sites (tertiary alicyclic amines) is 1. The number of nitrogens with zero attached hydrogens (tertiary/aromatic N) is 1. The van der Waals surface area contributed by atoms with Crippen LogP contribution in [0.15, 0.2) is 18.2 Å². The molecule has 0 bridgehead atoms. The summed E-state index contributed by atoms with van der Waals surface area (Å²) in [5, 5.41) is 0. The maximum Gasteiger partial charge on any atom is 0.310 e. The second kappa shape index (κ2) is 5.43. The van der Waals surface area contributed by atoms with Crippen LogP contribution < -0.4 is 0 Å². The Morgan fingerprint density at radius 3 is 2.53 bits per heavy atom. The van der Waals surface area contributed by atoms with Crippen molar-refractivity contribution in [2.24, 2.45) is 5.92 Å². The molecule has 0 spiro atoms. The summed E-state index contributed by atoms with van der Waals surface area (Å²) in [5.74, 6) is -0.589. The van der Waals surface area contributed by atoms with Gasteiger partial charge in [0.05, 0.1) is 13.0 Å². The predicted molar refractivity (Wildman–Crippen MR) is 71.5 cm³/mol.